The Labute approximate surface area is 199 Å². The molecule has 0 saturated carbocycles. The molecule has 0 fully saturated rings. The number of rotatable bonds is 13. The summed E-state index contributed by atoms with van der Waals surface area (Å²) in [5.41, 5.74) is 17.5. The monoisotopic (exact) mass is 456 g/mol. The van der Waals surface area contributed by atoms with Gasteiger partial charge in [0.1, 0.15) is 0 Å². The fourth-order valence-corrected chi connectivity index (χ4v) is 3.80. The number of hydrogen-bond donors (Lipinski definition) is 3. The fourth-order valence-electron chi connectivity index (χ4n) is 3.80. The van der Waals surface area contributed by atoms with Crippen LogP contribution in [0.25, 0.3) is 10.8 Å². The molecule has 2 aromatic carbocycles. The first-order valence-corrected chi connectivity index (χ1v) is 12.2. The van der Waals surface area contributed by atoms with Crippen molar-refractivity contribution in [2.45, 2.75) is 53.0 Å². The van der Waals surface area contributed by atoms with Crippen molar-refractivity contribution < 1.29 is 9.59 Å². The van der Waals surface area contributed by atoms with Crippen molar-refractivity contribution in [3.8, 4) is 0 Å². The van der Waals surface area contributed by atoms with Crippen LogP contribution in [0.3, 0.4) is 0 Å². The number of fused-ring (bicyclic) bond motifs is 1. The molecule has 0 aliphatic rings. The number of nitrogens with two attached hydrogens (primary N) is 3. The molecule has 0 saturated heterocycles. The van der Waals surface area contributed by atoms with Crippen LogP contribution in [0, 0.1) is 11.8 Å². The molecule has 0 radical (unpaired) electrons. The Bertz CT molecular complexity index is 845. The highest BCUT2D eigenvalue weighted by molar-refractivity contribution is 6.00. The van der Waals surface area contributed by atoms with Gasteiger partial charge in [-0.15, -0.1) is 0 Å². The van der Waals surface area contributed by atoms with Crippen LogP contribution in [-0.2, 0) is 4.79 Å². The Kier molecular flexibility index (Phi) is 13.7. The van der Waals surface area contributed by atoms with Crippen molar-refractivity contribution in [1.29, 1.82) is 0 Å². The topological polar surface area (TPSA) is 115 Å². The lowest BCUT2D eigenvalue weighted by molar-refractivity contribution is -0.127. The van der Waals surface area contributed by atoms with Gasteiger partial charge in [0.2, 0.25) is 0 Å². The first-order chi connectivity index (χ1) is 15.8. The molecule has 0 bridgehead atoms. The zero-order valence-electron chi connectivity index (χ0n) is 20.9. The lowest BCUT2D eigenvalue weighted by Gasteiger charge is -2.31. The third-order valence-electron chi connectivity index (χ3n) is 5.66. The number of Topliss-reactive ketones (excluding diaryl/α,β-unsaturated/α-hetero) is 2. The number of ketones is 2. The second-order valence-corrected chi connectivity index (χ2v) is 9.05. The Morgan fingerprint density at radius 1 is 0.788 bits per heavy atom. The highest BCUT2D eigenvalue weighted by Crippen LogP contribution is 2.18. The van der Waals surface area contributed by atoms with Gasteiger partial charge in [-0.2, -0.15) is 0 Å². The van der Waals surface area contributed by atoms with Crippen molar-refractivity contribution in [3.63, 3.8) is 0 Å². The van der Waals surface area contributed by atoms with Crippen LogP contribution in [-0.4, -0.2) is 55.2 Å². The minimum Gasteiger partial charge on any atom is -0.330 e. The van der Waals surface area contributed by atoms with E-state index in [-0.39, 0.29) is 29.4 Å². The van der Waals surface area contributed by atoms with Crippen LogP contribution in [0.5, 0.6) is 0 Å². The molecule has 33 heavy (non-hydrogen) atoms. The van der Waals surface area contributed by atoms with Crippen molar-refractivity contribution in [1.82, 2.24) is 4.90 Å². The van der Waals surface area contributed by atoms with Gasteiger partial charge in [-0.1, -0.05) is 70.5 Å². The summed E-state index contributed by atoms with van der Waals surface area (Å²) in [6, 6.07) is 13.9. The number of hydrogen-bond acceptors (Lipinski definition) is 6. The maximum absolute atomic E-state index is 12.3. The Morgan fingerprint density at radius 3 is 1.91 bits per heavy atom. The maximum Gasteiger partial charge on any atom is 0.165 e. The van der Waals surface area contributed by atoms with E-state index in [4.69, 9.17) is 17.2 Å². The number of nitrogens with zero attached hydrogens (tertiary/aromatic N) is 1. The molecule has 0 heterocycles. The quantitative estimate of drug-likeness (QED) is 0.313. The molecular formula is C27H44N4O2. The van der Waals surface area contributed by atoms with Crippen LogP contribution < -0.4 is 17.2 Å². The van der Waals surface area contributed by atoms with Crippen molar-refractivity contribution >= 4 is 22.3 Å². The van der Waals surface area contributed by atoms with E-state index in [0.29, 0.717) is 19.6 Å². The highest BCUT2D eigenvalue weighted by Gasteiger charge is 2.26. The minimum atomic E-state index is -0.0522. The molecule has 2 rings (SSSR count). The van der Waals surface area contributed by atoms with Gasteiger partial charge in [-0.05, 0) is 36.2 Å². The predicted octanol–water partition coefficient (Wildman–Crippen LogP) is 3.61. The summed E-state index contributed by atoms with van der Waals surface area (Å²) in [6.07, 6.45) is 2.79. The molecule has 0 aliphatic heterocycles. The zero-order valence-corrected chi connectivity index (χ0v) is 20.9. The van der Waals surface area contributed by atoms with Gasteiger partial charge in [0.15, 0.2) is 11.6 Å². The number of unbranched alkanes of at least 4 members (excludes halogenated alkanes) is 1. The second kappa shape index (κ2) is 15.7. The lowest BCUT2D eigenvalue weighted by Crippen LogP contribution is -2.47. The number of carbonyl (C=O) groups is 2. The first kappa shape index (κ1) is 28.9. The smallest absolute Gasteiger partial charge is 0.165 e. The average Bonchev–Trinajstić information content (AvgIpc) is 2.81. The zero-order chi connectivity index (χ0) is 24.8. The average molecular weight is 457 g/mol. The summed E-state index contributed by atoms with van der Waals surface area (Å²) >= 11 is 0. The molecule has 0 spiro atoms. The highest BCUT2D eigenvalue weighted by atomic mass is 16.1. The largest absolute Gasteiger partial charge is 0.330 e. The Hall–Kier alpha value is -2.12. The van der Waals surface area contributed by atoms with Crippen molar-refractivity contribution in [3.05, 3.63) is 48.0 Å². The molecule has 2 aromatic rings. The van der Waals surface area contributed by atoms with E-state index in [9.17, 15) is 9.59 Å². The molecule has 1 unspecified atom stereocenters. The molecule has 0 amide bonds. The van der Waals surface area contributed by atoms with E-state index in [1.807, 2.05) is 64.1 Å². The molecule has 1 atom stereocenters. The summed E-state index contributed by atoms with van der Waals surface area (Å²) in [5.74, 6) is 0.603. The second-order valence-electron chi connectivity index (χ2n) is 9.05. The van der Waals surface area contributed by atoms with Gasteiger partial charge in [0, 0.05) is 43.6 Å². The van der Waals surface area contributed by atoms with Gasteiger partial charge < -0.3 is 17.2 Å². The van der Waals surface area contributed by atoms with E-state index >= 15 is 0 Å². The third kappa shape index (κ3) is 9.72. The van der Waals surface area contributed by atoms with Gasteiger partial charge in [0.05, 0.1) is 6.04 Å². The van der Waals surface area contributed by atoms with E-state index in [2.05, 4.69) is 11.0 Å². The normalized spacial score (nSPS) is 12.2. The summed E-state index contributed by atoms with van der Waals surface area (Å²) in [6.45, 7) is 11.0. The van der Waals surface area contributed by atoms with Crippen LogP contribution in [0.1, 0.15) is 57.3 Å². The van der Waals surface area contributed by atoms with Crippen LogP contribution in [0.15, 0.2) is 42.5 Å². The van der Waals surface area contributed by atoms with E-state index in [1.165, 1.54) is 5.39 Å². The molecule has 6 N–H and O–H groups in total. The van der Waals surface area contributed by atoms with Crippen molar-refractivity contribution in [2.75, 3.05) is 32.7 Å². The van der Waals surface area contributed by atoms with E-state index in [0.717, 1.165) is 43.3 Å². The van der Waals surface area contributed by atoms with E-state index < -0.39 is 0 Å². The third-order valence-corrected chi connectivity index (χ3v) is 5.66. The molecule has 6 heteroatoms. The van der Waals surface area contributed by atoms with Gasteiger partial charge in [-0.25, -0.2) is 0 Å². The minimum absolute atomic E-state index is 0.0472. The summed E-state index contributed by atoms with van der Waals surface area (Å²) in [7, 11) is 0. The van der Waals surface area contributed by atoms with Crippen LogP contribution in [0.4, 0.5) is 0 Å². The molecule has 0 aliphatic carbocycles. The Balaban J connectivity index is 0.000000334. The molecular weight excluding hydrogens is 412 g/mol. The fraction of sp³-hybridized carbons (Fsp3) is 0.556. The number of carbonyl (C=O) groups excluding carboxylic acids is 2. The van der Waals surface area contributed by atoms with Gasteiger partial charge >= 0.3 is 0 Å². The van der Waals surface area contributed by atoms with E-state index in [1.54, 1.807) is 0 Å². The molecule has 6 nitrogen and oxygen atoms in total. The van der Waals surface area contributed by atoms with Crippen molar-refractivity contribution in [2.24, 2.45) is 29.0 Å². The summed E-state index contributed by atoms with van der Waals surface area (Å²) in [4.78, 5) is 26.2. The summed E-state index contributed by atoms with van der Waals surface area (Å²) < 4.78 is 0. The summed E-state index contributed by atoms with van der Waals surface area (Å²) in [5, 5.41) is 2.31. The van der Waals surface area contributed by atoms with Crippen LogP contribution >= 0.6 is 0 Å². The lowest BCUT2D eigenvalue weighted by atomic mass is 9.95. The first-order valence-electron chi connectivity index (χ1n) is 12.2. The predicted molar refractivity (Wildman–Crippen MR) is 139 cm³/mol. The van der Waals surface area contributed by atoms with Gasteiger partial charge in [0.25, 0.3) is 0 Å². The molecule has 0 aromatic heterocycles. The standard InChI is InChI=1S/C14H14O.C13H30N4O/c1-10(2)14(15)13-8-7-11-5-3-4-6-12(11)9-13;1-11(2)13(18)12(5-3-4-6-14)17(9-7-15)10-8-16/h3-10H,1-2H3;11-12H,3-10,14-16H2,1-2H3. The Morgan fingerprint density at radius 2 is 1.39 bits per heavy atom. The van der Waals surface area contributed by atoms with Gasteiger partial charge in [-0.3, -0.25) is 14.5 Å². The maximum atomic E-state index is 12.3. The number of benzene rings is 2. The SMILES string of the molecule is CC(C)C(=O)C(CCCCN)N(CCN)CCN.CC(C)C(=O)c1ccc2ccccc2c1. The molecule has 184 valence electrons. The van der Waals surface area contributed by atoms with Crippen LogP contribution in [0.2, 0.25) is 0 Å².